The topological polar surface area (TPSA) is 99.1 Å². The van der Waals surface area contributed by atoms with Crippen molar-refractivity contribution < 1.29 is 0 Å². The minimum absolute atomic E-state index is 0.188. The van der Waals surface area contributed by atoms with Crippen molar-refractivity contribution in [2.45, 2.75) is 13.5 Å². The van der Waals surface area contributed by atoms with E-state index in [4.69, 9.17) is 0 Å². The number of nitrogens with zero attached hydrogens (tertiary/aromatic N) is 6. The van der Waals surface area contributed by atoms with Crippen LogP contribution in [0, 0.1) is 6.92 Å². The largest absolute Gasteiger partial charge is 0.332 e. The fourth-order valence-electron chi connectivity index (χ4n) is 3.17. The molecule has 9 heteroatoms. The fourth-order valence-corrected chi connectivity index (χ4v) is 3.17. The summed E-state index contributed by atoms with van der Waals surface area (Å²) in [6.45, 7) is 2.18. The number of benzene rings is 1. The van der Waals surface area contributed by atoms with Gasteiger partial charge >= 0.3 is 5.69 Å². The highest BCUT2D eigenvalue weighted by Gasteiger charge is 2.18. The molecule has 3 heterocycles. The lowest BCUT2D eigenvalue weighted by atomic mass is 10.1. The zero-order valence-electron chi connectivity index (χ0n) is 16.9. The molecule has 30 heavy (non-hydrogen) atoms. The first-order valence-corrected chi connectivity index (χ1v) is 9.37. The van der Waals surface area contributed by atoms with Crippen molar-refractivity contribution in [1.29, 1.82) is 0 Å². The van der Waals surface area contributed by atoms with Crippen molar-refractivity contribution in [1.82, 2.24) is 23.7 Å². The maximum absolute atomic E-state index is 13.1. The third kappa shape index (κ3) is 3.52. The van der Waals surface area contributed by atoms with E-state index < -0.39 is 11.2 Å². The maximum atomic E-state index is 13.1. The number of aromatic nitrogens is 5. The molecule has 1 N–H and O–H groups in total. The van der Waals surface area contributed by atoms with Gasteiger partial charge in [-0.3, -0.25) is 18.9 Å². The van der Waals surface area contributed by atoms with Gasteiger partial charge in [-0.1, -0.05) is 35.9 Å². The van der Waals surface area contributed by atoms with Crippen LogP contribution in [0.25, 0.3) is 11.2 Å². The van der Waals surface area contributed by atoms with Crippen LogP contribution < -0.4 is 16.7 Å². The van der Waals surface area contributed by atoms with Gasteiger partial charge in [0, 0.05) is 20.3 Å². The summed E-state index contributed by atoms with van der Waals surface area (Å²) in [4.78, 5) is 34.5. The second-order valence-corrected chi connectivity index (χ2v) is 7.01. The van der Waals surface area contributed by atoms with Crippen molar-refractivity contribution in [3.63, 3.8) is 0 Å². The number of fused-ring (bicyclic) bond motifs is 1. The Kier molecular flexibility index (Phi) is 5.01. The monoisotopic (exact) mass is 403 g/mol. The minimum atomic E-state index is -0.422. The molecule has 152 valence electrons. The molecule has 1 aromatic carbocycles. The molecule has 0 aliphatic heterocycles. The number of anilines is 1. The van der Waals surface area contributed by atoms with E-state index in [-0.39, 0.29) is 6.54 Å². The molecule has 0 bridgehead atoms. The Morgan fingerprint density at radius 2 is 1.83 bits per heavy atom. The molecule has 0 unspecified atom stereocenters. The van der Waals surface area contributed by atoms with Gasteiger partial charge < -0.3 is 4.57 Å². The van der Waals surface area contributed by atoms with Crippen LogP contribution in [0.2, 0.25) is 0 Å². The van der Waals surface area contributed by atoms with Crippen LogP contribution in [0.15, 0.2) is 63.4 Å². The predicted octanol–water partition coefficient (Wildman–Crippen LogP) is 1.63. The number of rotatable bonds is 5. The van der Waals surface area contributed by atoms with E-state index in [0.29, 0.717) is 22.8 Å². The molecule has 0 atom stereocenters. The van der Waals surface area contributed by atoms with Gasteiger partial charge in [0.1, 0.15) is 0 Å². The van der Waals surface area contributed by atoms with Crippen molar-refractivity contribution in [2.24, 2.45) is 19.2 Å². The average Bonchev–Trinajstić information content (AvgIpc) is 3.08. The first-order valence-electron chi connectivity index (χ1n) is 9.37. The Hall–Kier alpha value is -4.01. The lowest BCUT2D eigenvalue weighted by Gasteiger charge is -2.09. The van der Waals surface area contributed by atoms with E-state index in [2.05, 4.69) is 20.5 Å². The zero-order valence-corrected chi connectivity index (χ0v) is 16.9. The van der Waals surface area contributed by atoms with Crippen LogP contribution in [-0.4, -0.2) is 29.9 Å². The van der Waals surface area contributed by atoms with Gasteiger partial charge in [-0.05, 0) is 24.6 Å². The van der Waals surface area contributed by atoms with Crippen LogP contribution in [0.3, 0.4) is 0 Å². The van der Waals surface area contributed by atoms with Crippen LogP contribution >= 0.6 is 0 Å². The van der Waals surface area contributed by atoms with Gasteiger partial charge in [0.25, 0.3) is 5.56 Å². The highest BCUT2D eigenvalue weighted by molar-refractivity contribution is 5.78. The molecule has 0 saturated heterocycles. The number of aryl methyl sites for hydroxylation is 3. The summed E-state index contributed by atoms with van der Waals surface area (Å²) in [5, 5.41) is 4.13. The molecule has 0 radical (unpaired) electrons. The number of pyridine rings is 1. The van der Waals surface area contributed by atoms with Gasteiger partial charge in [0.05, 0.1) is 18.5 Å². The molecule has 0 aliphatic carbocycles. The first kappa shape index (κ1) is 19.3. The first-order chi connectivity index (χ1) is 14.5. The van der Waals surface area contributed by atoms with Gasteiger partial charge in [-0.25, -0.2) is 10.2 Å². The number of hydrogen-bond donors (Lipinski definition) is 1. The Morgan fingerprint density at radius 1 is 1.07 bits per heavy atom. The van der Waals surface area contributed by atoms with E-state index >= 15 is 0 Å². The van der Waals surface area contributed by atoms with E-state index in [1.54, 1.807) is 31.1 Å². The Morgan fingerprint density at radius 3 is 2.53 bits per heavy atom. The summed E-state index contributed by atoms with van der Waals surface area (Å²) in [6, 6.07) is 13.2. The van der Waals surface area contributed by atoms with Gasteiger partial charge in [0.2, 0.25) is 5.95 Å². The van der Waals surface area contributed by atoms with Gasteiger partial charge in [-0.2, -0.15) is 10.1 Å². The highest BCUT2D eigenvalue weighted by atomic mass is 16.2. The van der Waals surface area contributed by atoms with Gasteiger partial charge in [0.15, 0.2) is 11.2 Å². The van der Waals surface area contributed by atoms with E-state index in [0.717, 1.165) is 11.1 Å². The lowest BCUT2D eigenvalue weighted by molar-refractivity contribution is 0.655. The molecule has 0 spiro atoms. The van der Waals surface area contributed by atoms with E-state index in [9.17, 15) is 9.59 Å². The normalized spacial score (nSPS) is 11.4. The van der Waals surface area contributed by atoms with E-state index in [1.807, 2.05) is 49.4 Å². The average molecular weight is 403 g/mol. The number of imidazole rings is 1. The summed E-state index contributed by atoms with van der Waals surface area (Å²) >= 11 is 0. The summed E-state index contributed by atoms with van der Waals surface area (Å²) in [5.74, 6) is 0.345. The fraction of sp³-hybridized carbons (Fsp3) is 0.190. The molecule has 0 aliphatic rings. The Labute approximate surface area is 172 Å². The molecule has 9 nitrogen and oxygen atoms in total. The predicted molar refractivity (Wildman–Crippen MR) is 116 cm³/mol. The van der Waals surface area contributed by atoms with Crippen molar-refractivity contribution in [3.8, 4) is 0 Å². The quantitative estimate of drug-likeness (QED) is 0.403. The van der Waals surface area contributed by atoms with Crippen LogP contribution in [0.5, 0.6) is 0 Å². The molecule has 0 amide bonds. The SMILES string of the molecule is Cc1ccc(Cn2c(=O)c3c(nc(N/N=C/c4ccccn4)n3C)n(C)c2=O)cc1. The third-order valence-electron chi connectivity index (χ3n) is 4.87. The van der Waals surface area contributed by atoms with E-state index in [1.165, 1.54) is 9.13 Å². The van der Waals surface area contributed by atoms with Crippen molar-refractivity contribution >= 4 is 23.3 Å². The summed E-state index contributed by atoms with van der Waals surface area (Å²) in [5.41, 5.74) is 5.28. The summed E-state index contributed by atoms with van der Waals surface area (Å²) < 4.78 is 4.19. The van der Waals surface area contributed by atoms with Crippen LogP contribution in [0.1, 0.15) is 16.8 Å². The molecular formula is C21H21N7O2. The second-order valence-electron chi connectivity index (χ2n) is 7.01. The minimum Gasteiger partial charge on any atom is -0.306 e. The second kappa shape index (κ2) is 7.78. The molecule has 0 saturated carbocycles. The molecule has 4 aromatic rings. The smallest absolute Gasteiger partial charge is 0.306 e. The summed E-state index contributed by atoms with van der Waals surface area (Å²) in [7, 11) is 3.31. The molecular weight excluding hydrogens is 382 g/mol. The molecule has 3 aromatic heterocycles. The van der Waals surface area contributed by atoms with Gasteiger partial charge in [-0.15, -0.1) is 0 Å². The molecule has 0 fully saturated rings. The Balaban J connectivity index is 1.73. The molecule has 4 rings (SSSR count). The Bertz CT molecular complexity index is 1350. The van der Waals surface area contributed by atoms with Crippen LogP contribution in [0.4, 0.5) is 5.95 Å². The number of nitrogens with one attached hydrogen (secondary N) is 1. The standard InChI is InChI=1S/C21H21N7O2/c1-14-7-9-15(10-8-14)13-28-19(29)17-18(27(3)21(28)30)24-20(26(17)2)25-23-12-16-6-4-5-11-22-16/h4-12H,13H2,1-3H3,(H,24,25)/b23-12+. The number of hydrazone groups is 1. The van der Waals surface area contributed by atoms with Crippen LogP contribution in [-0.2, 0) is 20.6 Å². The number of hydrogen-bond acceptors (Lipinski definition) is 6. The third-order valence-corrected chi connectivity index (χ3v) is 4.87. The lowest BCUT2D eigenvalue weighted by Crippen LogP contribution is -2.39. The van der Waals surface area contributed by atoms with Crippen molar-refractivity contribution in [2.75, 3.05) is 5.43 Å². The highest BCUT2D eigenvalue weighted by Crippen LogP contribution is 2.13. The van der Waals surface area contributed by atoms with Crippen molar-refractivity contribution in [3.05, 3.63) is 86.3 Å². The zero-order chi connectivity index (χ0) is 21.3. The summed E-state index contributed by atoms with van der Waals surface area (Å²) in [6.07, 6.45) is 3.22. The maximum Gasteiger partial charge on any atom is 0.332 e.